The zero-order valence-electron chi connectivity index (χ0n) is 19.8. The summed E-state index contributed by atoms with van der Waals surface area (Å²) in [6.07, 6.45) is 3.23. The van der Waals surface area contributed by atoms with Crippen molar-refractivity contribution in [2.45, 2.75) is 38.8 Å². The Bertz CT molecular complexity index is 1190. The van der Waals surface area contributed by atoms with E-state index in [2.05, 4.69) is 15.3 Å². The van der Waals surface area contributed by atoms with E-state index < -0.39 is 17.3 Å². The SMILES string of the molecule is Cc1nn(-c2ccc(F)cc2)cc1C(=O)Nc1ccc(CN2CCC[C@H]([C@](C)(O)CO)C2)c(F)c1. The van der Waals surface area contributed by atoms with Crippen LogP contribution in [-0.2, 0) is 6.54 Å². The fourth-order valence-electron chi connectivity index (χ4n) is 4.44. The molecule has 0 spiro atoms. The van der Waals surface area contributed by atoms with Gasteiger partial charge in [-0.2, -0.15) is 5.10 Å². The van der Waals surface area contributed by atoms with Crippen LogP contribution in [0.3, 0.4) is 0 Å². The highest BCUT2D eigenvalue weighted by Gasteiger charge is 2.34. The van der Waals surface area contributed by atoms with Crippen LogP contribution in [0.4, 0.5) is 14.5 Å². The van der Waals surface area contributed by atoms with Crippen LogP contribution in [0.15, 0.2) is 48.7 Å². The van der Waals surface area contributed by atoms with Crippen molar-refractivity contribution in [3.63, 3.8) is 0 Å². The number of aliphatic hydroxyl groups is 2. The predicted octanol–water partition coefficient (Wildman–Crippen LogP) is 3.67. The standard InChI is InChI=1S/C26H30F2N4O3/c1-17-23(15-32(30-17)22-9-6-20(27)7-10-22)25(34)29-21-8-5-18(24(28)12-21)13-31-11-3-4-19(14-31)26(2,35)16-33/h5-10,12,15,19,33,35H,3-4,11,13-14,16H2,1-2H3,(H,29,34)/t19-,26+/m0/s1. The summed E-state index contributed by atoms with van der Waals surface area (Å²) < 4.78 is 29.6. The van der Waals surface area contributed by atoms with Gasteiger partial charge in [0.05, 0.1) is 29.2 Å². The molecule has 0 unspecified atom stereocenters. The first-order valence-corrected chi connectivity index (χ1v) is 11.6. The molecule has 186 valence electrons. The second kappa shape index (κ2) is 10.2. The Labute approximate surface area is 203 Å². The first kappa shape index (κ1) is 25.0. The van der Waals surface area contributed by atoms with Crippen LogP contribution in [0.1, 0.15) is 41.4 Å². The number of hydrogen-bond acceptors (Lipinski definition) is 5. The van der Waals surface area contributed by atoms with Crippen LogP contribution in [0.5, 0.6) is 0 Å². The van der Waals surface area contributed by atoms with Crippen LogP contribution in [0.2, 0.25) is 0 Å². The molecule has 1 aliphatic heterocycles. The Morgan fingerprint density at radius 1 is 1.23 bits per heavy atom. The van der Waals surface area contributed by atoms with Crippen LogP contribution in [0.25, 0.3) is 5.69 Å². The molecule has 2 atom stereocenters. The molecule has 1 amide bonds. The summed E-state index contributed by atoms with van der Waals surface area (Å²) in [7, 11) is 0. The number of aliphatic hydroxyl groups excluding tert-OH is 1. The molecule has 0 radical (unpaired) electrons. The van der Waals surface area contributed by atoms with Crippen molar-refractivity contribution >= 4 is 11.6 Å². The lowest BCUT2D eigenvalue weighted by molar-refractivity contribution is -0.0697. The number of nitrogens with one attached hydrogen (secondary N) is 1. The molecule has 0 aliphatic carbocycles. The normalized spacial score (nSPS) is 18.3. The molecule has 4 rings (SSSR count). The van der Waals surface area contributed by atoms with Gasteiger partial charge < -0.3 is 15.5 Å². The van der Waals surface area contributed by atoms with Crippen molar-refractivity contribution in [3.8, 4) is 5.69 Å². The number of rotatable bonds is 7. The van der Waals surface area contributed by atoms with Crippen molar-refractivity contribution in [2.24, 2.45) is 5.92 Å². The highest BCUT2D eigenvalue weighted by Crippen LogP contribution is 2.28. The van der Waals surface area contributed by atoms with E-state index in [4.69, 9.17) is 0 Å². The molecular weight excluding hydrogens is 454 g/mol. The maximum absolute atomic E-state index is 14.9. The molecule has 1 aliphatic rings. The quantitative estimate of drug-likeness (QED) is 0.476. The third-order valence-electron chi connectivity index (χ3n) is 6.64. The second-order valence-electron chi connectivity index (χ2n) is 9.40. The van der Waals surface area contributed by atoms with Crippen LogP contribution >= 0.6 is 0 Å². The Morgan fingerprint density at radius 2 is 1.97 bits per heavy atom. The largest absolute Gasteiger partial charge is 0.393 e. The van der Waals surface area contributed by atoms with Crippen molar-refractivity contribution in [3.05, 3.63) is 77.1 Å². The number of benzene rings is 2. The lowest BCUT2D eigenvalue weighted by Gasteiger charge is -2.39. The van der Waals surface area contributed by atoms with Gasteiger partial charge in [0.15, 0.2) is 0 Å². The summed E-state index contributed by atoms with van der Waals surface area (Å²) in [5.41, 5.74) is 1.09. The van der Waals surface area contributed by atoms with Crippen molar-refractivity contribution < 1.29 is 23.8 Å². The zero-order valence-corrected chi connectivity index (χ0v) is 19.8. The average Bonchev–Trinajstić information content (AvgIpc) is 3.23. The number of aryl methyl sites for hydroxylation is 1. The Hall–Kier alpha value is -3.14. The Balaban J connectivity index is 1.42. The van der Waals surface area contributed by atoms with E-state index in [-0.39, 0.29) is 18.3 Å². The number of carbonyl (C=O) groups excluding carboxylic acids is 1. The molecule has 3 N–H and O–H groups in total. The van der Waals surface area contributed by atoms with Crippen molar-refractivity contribution in [1.82, 2.24) is 14.7 Å². The number of nitrogens with zero attached hydrogens (tertiary/aromatic N) is 3. The van der Waals surface area contributed by atoms with E-state index >= 15 is 0 Å². The summed E-state index contributed by atoms with van der Waals surface area (Å²) in [6, 6.07) is 10.3. The van der Waals surface area contributed by atoms with Crippen molar-refractivity contribution in [2.75, 3.05) is 25.0 Å². The minimum absolute atomic E-state index is 0.0815. The minimum Gasteiger partial charge on any atom is -0.393 e. The van der Waals surface area contributed by atoms with E-state index in [1.165, 1.54) is 22.9 Å². The van der Waals surface area contributed by atoms with Gasteiger partial charge in [0.1, 0.15) is 11.6 Å². The third-order valence-corrected chi connectivity index (χ3v) is 6.64. The van der Waals surface area contributed by atoms with Gasteiger partial charge in [-0.15, -0.1) is 0 Å². The number of hydrogen-bond donors (Lipinski definition) is 3. The summed E-state index contributed by atoms with van der Waals surface area (Å²) >= 11 is 0. The van der Waals surface area contributed by atoms with Crippen LogP contribution in [-0.4, -0.2) is 56.1 Å². The number of likely N-dealkylation sites (tertiary alicyclic amines) is 1. The topological polar surface area (TPSA) is 90.6 Å². The molecule has 2 heterocycles. The zero-order chi connectivity index (χ0) is 25.2. The second-order valence-corrected chi connectivity index (χ2v) is 9.40. The third kappa shape index (κ3) is 5.75. The molecule has 2 aromatic carbocycles. The number of piperidine rings is 1. The molecule has 0 saturated carbocycles. The maximum atomic E-state index is 14.9. The highest BCUT2D eigenvalue weighted by molar-refractivity contribution is 6.04. The van der Waals surface area contributed by atoms with E-state index in [1.54, 1.807) is 44.3 Å². The monoisotopic (exact) mass is 484 g/mol. The summed E-state index contributed by atoms with van der Waals surface area (Å²) in [5, 5.41) is 26.9. The predicted molar refractivity (Wildman–Crippen MR) is 128 cm³/mol. The van der Waals surface area contributed by atoms with Gasteiger partial charge in [0.25, 0.3) is 5.91 Å². The lowest BCUT2D eigenvalue weighted by atomic mass is 9.83. The number of aromatic nitrogens is 2. The molecule has 9 heteroatoms. The van der Waals surface area contributed by atoms with Crippen molar-refractivity contribution in [1.29, 1.82) is 0 Å². The highest BCUT2D eigenvalue weighted by atomic mass is 19.1. The van der Waals surface area contributed by atoms with Gasteiger partial charge in [-0.1, -0.05) is 6.07 Å². The summed E-state index contributed by atoms with van der Waals surface area (Å²) in [6.45, 7) is 4.75. The van der Waals surface area contributed by atoms with Gasteiger partial charge >= 0.3 is 0 Å². The molecule has 0 bridgehead atoms. The number of halogens is 2. The van der Waals surface area contributed by atoms with Crippen LogP contribution in [0, 0.1) is 24.5 Å². The van der Waals surface area contributed by atoms with E-state index in [9.17, 15) is 23.8 Å². The van der Waals surface area contributed by atoms with Crippen LogP contribution < -0.4 is 5.32 Å². The summed E-state index contributed by atoms with van der Waals surface area (Å²) in [4.78, 5) is 14.9. The average molecular weight is 485 g/mol. The van der Waals surface area contributed by atoms with E-state index in [1.807, 2.05) is 0 Å². The number of carbonyl (C=O) groups is 1. The lowest BCUT2D eigenvalue weighted by Crippen LogP contribution is -2.47. The Morgan fingerprint density at radius 3 is 2.66 bits per heavy atom. The number of amides is 1. The van der Waals surface area contributed by atoms with Gasteiger partial charge in [-0.05, 0) is 69.6 Å². The molecule has 3 aromatic rings. The fourth-order valence-corrected chi connectivity index (χ4v) is 4.44. The molecule has 1 saturated heterocycles. The summed E-state index contributed by atoms with van der Waals surface area (Å²) in [5.74, 6) is -1.30. The fraction of sp³-hybridized carbons (Fsp3) is 0.385. The minimum atomic E-state index is -1.16. The smallest absolute Gasteiger partial charge is 0.259 e. The van der Waals surface area contributed by atoms with Gasteiger partial charge in [-0.3, -0.25) is 9.69 Å². The molecule has 7 nitrogen and oxygen atoms in total. The molecule has 1 fully saturated rings. The first-order chi connectivity index (χ1) is 16.7. The van der Waals surface area contributed by atoms with E-state index in [0.29, 0.717) is 41.3 Å². The van der Waals surface area contributed by atoms with Gasteiger partial charge in [0, 0.05) is 36.5 Å². The molecule has 1 aromatic heterocycles. The maximum Gasteiger partial charge on any atom is 0.259 e. The Kier molecular flexibility index (Phi) is 7.30. The molecule has 35 heavy (non-hydrogen) atoms. The van der Waals surface area contributed by atoms with Gasteiger partial charge in [0.2, 0.25) is 0 Å². The number of anilines is 1. The first-order valence-electron chi connectivity index (χ1n) is 11.6. The van der Waals surface area contributed by atoms with Gasteiger partial charge in [-0.25, -0.2) is 13.5 Å². The van der Waals surface area contributed by atoms with E-state index in [0.717, 1.165) is 19.4 Å². The molecular formula is C26H30F2N4O3.